The van der Waals surface area contributed by atoms with Gasteiger partial charge in [-0.2, -0.15) is 0 Å². The number of aromatic amines is 2. The van der Waals surface area contributed by atoms with E-state index in [1.165, 1.54) is 16.7 Å². The number of hydrogen-bond donors (Lipinski definition) is 3. The molecule has 1 aliphatic carbocycles. The summed E-state index contributed by atoms with van der Waals surface area (Å²) < 4.78 is 0. The molecule has 2 aromatic carbocycles. The number of aromatic carboxylic acids is 1. The molecule has 30 heavy (non-hydrogen) atoms. The molecular formula is C26H24N2O2. The van der Waals surface area contributed by atoms with Crippen LogP contribution in [0.1, 0.15) is 53.9 Å². The largest absolute Gasteiger partial charge is 0.477 e. The van der Waals surface area contributed by atoms with E-state index in [0.717, 1.165) is 45.3 Å². The van der Waals surface area contributed by atoms with Crippen molar-refractivity contribution in [3.63, 3.8) is 0 Å². The smallest absolute Gasteiger partial charge is 0.352 e. The van der Waals surface area contributed by atoms with Crippen molar-refractivity contribution in [2.24, 2.45) is 0 Å². The van der Waals surface area contributed by atoms with E-state index >= 15 is 0 Å². The van der Waals surface area contributed by atoms with E-state index in [1.807, 2.05) is 30.5 Å². The number of fused-ring (bicyclic) bond motifs is 2. The summed E-state index contributed by atoms with van der Waals surface area (Å²) in [5.74, 6) is -0.785. The van der Waals surface area contributed by atoms with Gasteiger partial charge >= 0.3 is 5.97 Å². The lowest BCUT2D eigenvalue weighted by Crippen LogP contribution is -2.02. The highest BCUT2D eigenvalue weighted by Gasteiger charge is 2.29. The second-order valence-corrected chi connectivity index (χ2v) is 8.30. The van der Waals surface area contributed by atoms with E-state index in [1.54, 1.807) is 0 Å². The van der Waals surface area contributed by atoms with Crippen molar-refractivity contribution in [3.8, 4) is 22.4 Å². The van der Waals surface area contributed by atoms with Gasteiger partial charge in [0.2, 0.25) is 0 Å². The van der Waals surface area contributed by atoms with Crippen molar-refractivity contribution in [1.82, 2.24) is 9.97 Å². The van der Waals surface area contributed by atoms with Gasteiger partial charge in [0.25, 0.3) is 0 Å². The number of benzene rings is 2. The fourth-order valence-corrected chi connectivity index (χ4v) is 4.86. The molecule has 0 saturated carbocycles. The van der Waals surface area contributed by atoms with Crippen LogP contribution in [0, 0.1) is 0 Å². The SMILES string of the molecule is CC1=CCc2cccc(-c3c(C(=O)O)[nH]c(-c4cccc5[nH]ccc45)c3C(C)C)c21. The predicted molar refractivity (Wildman–Crippen MR) is 122 cm³/mol. The Labute approximate surface area is 175 Å². The minimum atomic E-state index is -0.934. The van der Waals surface area contributed by atoms with Gasteiger partial charge in [-0.05, 0) is 59.2 Å². The fraction of sp³-hybridized carbons (Fsp3) is 0.192. The Bertz CT molecular complexity index is 1330. The zero-order valence-electron chi connectivity index (χ0n) is 17.3. The van der Waals surface area contributed by atoms with Crippen molar-refractivity contribution in [1.29, 1.82) is 0 Å². The molecule has 5 rings (SSSR count). The Kier molecular flexibility index (Phi) is 4.17. The number of carbonyl (C=O) groups is 1. The van der Waals surface area contributed by atoms with Crippen LogP contribution in [0.4, 0.5) is 0 Å². The van der Waals surface area contributed by atoms with Gasteiger partial charge in [-0.1, -0.05) is 50.3 Å². The first kappa shape index (κ1) is 18.5. The van der Waals surface area contributed by atoms with Crippen LogP contribution < -0.4 is 0 Å². The van der Waals surface area contributed by atoms with Crippen molar-refractivity contribution in [2.75, 3.05) is 0 Å². The Balaban J connectivity index is 1.88. The summed E-state index contributed by atoms with van der Waals surface area (Å²) in [7, 11) is 0. The van der Waals surface area contributed by atoms with Gasteiger partial charge in [-0.15, -0.1) is 0 Å². The lowest BCUT2D eigenvalue weighted by atomic mass is 9.86. The molecule has 2 heterocycles. The number of rotatable bonds is 4. The Morgan fingerprint density at radius 3 is 2.57 bits per heavy atom. The first-order chi connectivity index (χ1) is 14.5. The standard InChI is InChI=1S/C26H24N2O2/c1-14(2)21-23(19-8-4-6-16-11-10-15(3)22(16)19)25(26(29)30)28-24(21)18-7-5-9-20-17(18)12-13-27-20/h4-10,12-14,27-28H,11H2,1-3H3,(H,29,30). The lowest BCUT2D eigenvalue weighted by molar-refractivity contribution is 0.0692. The predicted octanol–water partition coefficient (Wildman–Crippen LogP) is 6.61. The summed E-state index contributed by atoms with van der Waals surface area (Å²) in [5.41, 5.74) is 9.71. The molecule has 0 spiro atoms. The number of H-pyrrole nitrogens is 2. The summed E-state index contributed by atoms with van der Waals surface area (Å²) in [6.07, 6.45) is 5.04. The first-order valence-electron chi connectivity index (χ1n) is 10.3. The molecule has 4 aromatic rings. The number of nitrogens with one attached hydrogen (secondary N) is 2. The monoisotopic (exact) mass is 396 g/mol. The van der Waals surface area contributed by atoms with Gasteiger partial charge in [0.05, 0.1) is 5.69 Å². The average Bonchev–Trinajstić information content (AvgIpc) is 3.44. The lowest BCUT2D eigenvalue weighted by Gasteiger charge is -2.16. The number of carboxylic acid groups (broad SMARTS) is 1. The van der Waals surface area contributed by atoms with Gasteiger partial charge in [0.1, 0.15) is 5.69 Å². The molecule has 3 N–H and O–H groups in total. The molecule has 0 fully saturated rings. The molecule has 0 atom stereocenters. The highest BCUT2D eigenvalue weighted by Crippen LogP contribution is 2.45. The second kappa shape index (κ2) is 6.77. The maximum absolute atomic E-state index is 12.4. The van der Waals surface area contributed by atoms with Crippen LogP contribution in [-0.2, 0) is 6.42 Å². The summed E-state index contributed by atoms with van der Waals surface area (Å²) in [4.78, 5) is 18.9. The van der Waals surface area contributed by atoms with Crippen LogP contribution in [0.15, 0.2) is 54.7 Å². The third kappa shape index (κ3) is 2.64. The molecule has 0 radical (unpaired) electrons. The minimum Gasteiger partial charge on any atom is -0.477 e. The average molecular weight is 396 g/mol. The van der Waals surface area contributed by atoms with E-state index in [0.29, 0.717) is 0 Å². The summed E-state index contributed by atoms with van der Waals surface area (Å²) >= 11 is 0. The van der Waals surface area contributed by atoms with Crippen LogP contribution in [0.25, 0.3) is 38.9 Å². The normalized spacial score (nSPS) is 13.1. The molecule has 1 aliphatic rings. The molecule has 0 unspecified atom stereocenters. The zero-order chi connectivity index (χ0) is 21.0. The topological polar surface area (TPSA) is 68.9 Å². The van der Waals surface area contributed by atoms with Gasteiger partial charge in [-0.25, -0.2) is 4.79 Å². The molecular weight excluding hydrogens is 372 g/mol. The Morgan fingerprint density at radius 2 is 1.80 bits per heavy atom. The van der Waals surface area contributed by atoms with Crippen LogP contribution >= 0.6 is 0 Å². The molecule has 0 amide bonds. The quantitative estimate of drug-likeness (QED) is 0.363. The number of allylic oxidation sites excluding steroid dienone is 2. The third-order valence-electron chi connectivity index (χ3n) is 6.14. The van der Waals surface area contributed by atoms with Crippen LogP contribution in [0.5, 0.6) is 0 Å². The number of carboxylic acids is 1. The molecule has 4 nitrogen and oxygen atoms in total. The zero-order valence-corrected chi connectivity index (χ0v) is 17.3. The molecule has 0 saturated heterocycles. The second-order valence-electron chi connectivity index (χ2n) is 8.30. The summed E-state index contributed by atoms with van der Waals surface area (Å²) in [6, 6.07) is 14.4. The highest BCUT2D eigenvalue weighted by molar-refractivity contribution is 6.04. The summed E-state index contributed by atoms with van der Waals surface area (Å²) in [5, 5.41) is 11.2. The molecule has 150 valence electrons. The van der Waals surface area contributed by atoms with E-state index in [-0.39, 0.29) is 11.6 Å². The van der Waals surface area contributed by atoms with E-state index in [2.05, 4.69) is 55.0 Å². The Hall–Kier alpha value is -3.53. The first-order valence-corrected chi connectivity index (χ1v) is 10.3. The van der Waals surface area contributed by atoms with Crippen molar-refractivity contribution < 1.29 is 9.90 Å². The van der Waals surface area contributed by atoms with Gasteiger partial charge in [0.15, 0.2) is 0 Å². The molecule has 0 bridgehead atoms. The van der Waals surface area contributed by atoms with Gasteiger partial charge in [-0.3, -0.25) is 0 Å². The van der Waals surface area contributed by atoms with Crippen molar-refractivity contribution in [3.05, 3.63) is 77.1 Å². The van der Waals surface area contributed by atoms with Crippen molar-refractivity contribution >= 4 is 22.4 Å². The summed E-state index contributed by atoms with van der Waals surface area (Å²) in [6.45, 7) is 6.37. The van der Waals surface area contributed by atoms with Crippen LogP contribution in [-0.4, -0.2) is 21.0 Å². The van der Waals surface area contributed by atoms with Crippen molar-refractivity contribution in [2.45, 2.75) is 33.1 Å². The number of aromatic nitrogens is 2. The molecule has 2 aromatic heterocycles. The maximum atomic E-state index is 12.4. The van der Waals surface area contributed by atoms with E-state index in [9.17, 15) is 9.90 Å². The molecule has 4 heteroatoms. The molecule has 0 aliphatic heterocycles. The van der Waals surface area contributed by atoms with E-state index in [4.69, 9.17) is 0 Å². The Morgan fingerprint density at radius 1 is 1.03 bits per heavy atom. The maximum Gasteiger partial charge on any atom is 0.352 e. The van der Waals surface area contributed by atoms with Gasteiger partial charge < -0.3 is 15.1 Å². The van der Waals surface area contributed by atoms with Gasteiger partial charge in [0, 0.05) is 28.2 Å². The van der Waals surface area contributed by atoms with E-state index < -0.39 is 5.97 Å². The van der Waals surface area contributed by atoms with Crippen LogP contribution in [0.2, 0.25) is 0 Å². The minimum absolute atomic E-state index is 0.148. The highest BCUT2D eigenvalue weighted by atomic mass is 16.4. The van der Waals surface area contributed by atoms with Crippen LogP contribution in [0.3, 0.4) is 0 Å². The number of hydrogen-bond acceptors (Lipinski definition) is 1. The fourth-order valence-electron chi connectivity index (χ4n) is 4.86. The third-order valence-corrected chi connectivity index (χ3v) is 6.14.